The highest BCUT2D eigenvalue weighted by molar-refractivity contribution is 5.91. The first-order valence-electron chi connectivity index (χ1n) is 9.15. The maximum absolute atomic E-state index is 12.3. The summed E-state index contributed by atoms with van der Waals surface area (Å²) in [5, 5.41) is 18.0. The number of nitrogens with zero attached hydrogens (tertiary/aromatic N) is 3. The van der Waals surface area contributed by atoms with E-state index in [0.29, 0.717) is 23.6 Å². The van der Waals surface area contributed by atoms with Gasteiger partial charge in [0.25, 0.3) is 11.6 Å². The molecule has 0 atom stereocenters. The van der Waals surface area contributed by atoms with Crippen molar-refractivity contribution in [3.8, 4) is 5.75 Å². The number of rotatable bonds is 8. The van der Waals surface area contributed by atoms with Gasteiger partial charge in [0.1, 0.15) is 18.1 Å². The number of nitro benzene ring substituents is 1. The van der Waals surface area contributed by atoms with Crippen LogP contribution >= 0.6 is 0 Å². The van der Waals surface area contributed by atoms with E-state index in [1.54, 1.807) is 25.1 Å². The monoisotopic (exact) mass is 398 g/mol. The molecule has 9 nitrogen and oxygen atoms in total. The van der Waals surface area contributed by atoms with Crippen molar-refractivity contribution in [3.63, 3.8) is 0 Å². The second-order valence-corrected chi connectivity index (χ2v) is 6.54. The summed E-state index contributed by atoms with van der Waals surface area (Å²) in [6.07, 6.45) is 1.91. The molecular formula is C20H22N4O5. The van der Waals surface area contributed by atoms with Crippen molar-refractivity contribution >= 4 is 11.6 Å². The molecule has 1 amide bonds. The molecule has 0 saturated heterocycles. The highest BCUT2D eigenvalue weighted by Gasteiger charge is 2.14. The molecule has 0 unspecified atom stereocenters. The fraction of sp³-hybridized carbons (Fsp3) is 0.300. The third kappa shape index (κ3) is 4.81. The van der Waals surface area contributed by atoms with Gasteiger partial charge in [0.15, 0.2) is 5.76 Å². The topological polar surface area (TPSA) is 112 Å². The minimum Gasteiger partial charge on any atom is -0.486 e. The zero-order chi connectivity index (χ0) is 21.0. The number of aryl methyl sites for hydroxylation is 3. The number of nitro groups is 1. The van der Waals surface area contributed by atoms with Crippen LogP contribution in [0.5, 0.6) is 5.75 Å². The number of hydrogen-bond donors (Lipinski definition) is 1. The van der Waals surface area contributed by atoms with Crippen LogP contribution in [0.3, 0.4) is 0 Å². The van der Waals surface area contributed by atoms with Gasteiger partial charge < -0.3 is 14.5 Å². The van der Waals surface area contributed by atoms with E-state index in [1.807, 2.05) is 24.7 Å². The summed E-state index contributed by atoms with van der Waals surface area (Å²) in [6.45, 7) is 6.78. The number of carbonyl (C=O) groups is 1. The molecular weight excluding hydrogens is 376 g/mol. The first-order chi connectivity index (χ1) is 13.9. The lowest BCUT2D eigenvalue weighted by molar-refractivity contribution is -0.385. The second-order valence-electron chi connectivity index (χ2n) is 6.54. The zero-order valence-corrected chi connectivity index (χ0v) is 16.5. The van der Waals surface area contributed by atoms with E-state index in [4.69, 9.17) is 9.15 Å². The summed E-state index contributed by atoms with van der Waals surface area (Å²) in [7, 11) is 0. The van der Waals surface area contributed by atoms with Gasteiger partial charge in [-0.2, -0.15) is 5.10 Å². The van der Waals surface area contributed by atoms with Crippen molar-refractivity contribution in [2.75, 3.05) is 0 Å². The Labute approximate surface area is 167 Å². The Bertz CT molecular complexity index is 1040. The van der Waals surface area contributed by atoms with Gasteiger partial charge in [-0.15, -0.1) is 0 Å². The second kappa shape index (κ2) is 8.59. The lowest BCUT2D eigenvalue weighted by atomic mass is 10.2. The van der Waals surface area contributed by atoms with Gasteiger partial charge in [-0.25, -0.2) is 0 Å². The van der Waals surface area contributed by atoms with Crippen LogP contribution in [-0.4, -0.2) is 20.6 Å². The van der Waals surface area contributed by atoms with Gasteiger partial charge in [0.05, 0.1) is 10.6 Å². The molecule has 0 spiro atoms. The SMILES string of the molecule is CCn1cc(CNC(=O)c2ccc(COc3ccc([N+](=O)[O-])c(C)c3)o2)c(C)n1. The maximum atomic E-state index is 12.3. The molecule has 0 saturated carbocycles. The number of benzene rings is 1. The van der Waals surface area contributed by atoms with Crippen LogP contribution in [0.15, 0.2) is 40.9 Å². The van der Waals surface area contributed by atoms with Crippen LogP contribution in [0, 0.1) is 24.0 Å². The van der Waals surface area contributed by atoms with Crippen LogP contribution in [0.2, 0.25) is 0 Å². The fourth-order valence-electron chi connectivity index (χ4n) is 2.81. The van der Waals surface area contributed by atoms with Crippen molar-refractivity contribution < 1.29 is 18.9 Å². The van der Waals surface area contributed by atoms with E-state index in [0.717, 1.165) is 17.8 Å². The molecule has 0 aliphatic heterocycles. The van der Waals surface area contributed by atoms with Crippen LogP contribution in [0.4, 0.5) is 5.69 Å². The minimum atomic E-state index is -0.439. The van der Waals surface area contributed by atoms with E-state index in [9.17, 15) is 14.9 Å². The largest absolute Gasteiger partial charge is 0.486 e. The average Bonchev–Trinajstić information content (AvgIpc) is 3.30. The molecule has 0 aliphatic carbocycles. The molecule has 152 valence electrons. The Morgan fingerprint density at radius 2 is 2.10 bits per heavy atom. The molecule has 0 bridgehead atoms. The lowest BCUT2D eigenvalue weighted by Crippen LogP contribution is -2.22. The van der Waals surface area contributed by atoms with E-state index in [2.05, 4.69) is 10.4 Å². The Morgan fingerprint density at radius 1 is 1.31 bits per heavy atom. The summed E-state index contributed by atoms with van der Waals surface area (Å²) in [5.74, 6) is 0.815. The molecule has 0 fully saturated rings. The number of hydrogen-bond acceptors (Lipinski definition) is 6. The summed E-state index contributed by atoms with van der Waals surface area (Å²) < 4.78 is 13.0. The third-order valence-electron chi connectivity index (χ3n) is 4.44. The van der Waals surface area contributed by atoms with Crippen molar-refractivity contribution in [1.82, 2.24) is 15.1 Å². The highest BCUT2D eigenvalue weighted by Crippen LogP contribution is 2.24. The Hall–Kier alpha value is -3.62. The number of carbonyl (C=O) groups excluding carboxylic acids is 1. The Kier molecular flexibility index (Phi) is 5.96. The first kappa shape index (κ1) is 20.1. The standard InChI is InChI=1S/C20H22N4O5/c1-4-23-11-15(14(3)22-23)10-21-20(25)19-8-6-17(29-19)12-28-16-5-7-18(24(26)27)13(2)9-16/h5-9,11H,4,10,12H2,1-3H3,(H,21,25). The van der Waals surface area contributed by atoms with Crippen molar-refractivity contribution in [2.24, 2.45) is 0 Å². The maximum Gasteiger partial charge on any atom is 0.287 e. The molecule has 29 heavy (non-hydrogen) atoms. The molecule has 9 heteroatoms. The average molecular weight is 398 g/mol. The van der Waals surface area contributed by atoms with Gasteiger partial charge in [-0.05, 0) is 45.0 Å². The van der Waals surface area contributed by atoms with Gasteiger partial charge in [-0.1, -0.05) is 0 Å². The van der Waals surface area contributed by atoms with Crippen LogP contribution in [0.1, 0.15) is 40.1 Å². The molecule has 0 aliphatic rings. The molecule has 2 heterocycles. The quantitative estimate of drug-likeness (QED) is 0.459. The minimum absolute atomic E-state index is 0.0361. The summed E-state index contributed by atoms with van der Waals surface area (Å²) >= 11 is 0. The van der Waals surface area contributed by atoms with Crippen LogP contribution < -0.4 is 10.1 Å². The first-order valence-corrected chi connectivity index (χ1v) is 9.15. The van der Waals surface area contributed by atoms with Crippen LogP contribution in [0.25, 0.3) is 0 Å². The normalized spacial score (nSPS) is 10.7. The number of aromatic nitrogens is 2. The predicted octanol–water partition coefficient (Wildman–Crippen LogP) is 3.53. The summed E-state index contributed by atoms with van der Waals surface area (Å²) in [6, 6.07) is 7.76. The summed E-state index contributed by atoms with van der Waals surface area (Å²) in [5.41, 5.74) is 2.37. The lowest BCUT2D eigenvalue weighted by Gasteiger charge is -2.05. The molecule has 2 aromatic heterocycles. The number of amides is 1. The molecule has 3 rings (SSSR count). The molecule has 3 aromatic rings. The molecule has 1 N–H and O–H groups in total. The van der Waals surface area contributed by atoms with Gasteiger partial charge in [-0.3, -0.25) is 19.6 Å². The van der Waals surface area contributed by atoms with Crippen molar-refractivity contribution in [3.05, 3.63) is 75.0 Å². The van der Waals surface area contributed by atoms with E-state index in [-0.39, 0.29) is 24.0 Å². The van der Waals surface area contributed by atoms with E-state index in [1.165, 1.54) is 12.1 Å². The summed E-state index contributed by atoms with van der Waals surface area (Å²) in [4.78, 5) is 22.7. The van der Waals surface area contributed by atoms with Crippen LogP contribution in [-0.2, 0) is 19.7 Å². The number of furan rings is 1. The fourth-order valence-corrected chi connectivity index (χ4v) is 2.81. The van der Waals surface area contributed by atoms with Gasteiger partial charge in [0, 0.05) is 36.5 Å². The van der Waals surface area contributed by atoms with E-state index < -0.39 is 4.92 Å². The highest BCUT2D eigenvalue weighted by atomic mass is 16.6. The number of ether oxygens (including phenoxy) is 1. The van der Waals surface area contributed by atoms with Crippen molar-refractivity contribution in [2.45, 2.75) is 40.5 Å². The smallest absolute Gasteiger partial charge is 0.287 e. The number of nitrogens with one attached hydrogen (secondary N) is 1. The predicted molar refractivity (Wildman–Crippen MR) is 105 cm³/mol. The Morgan fingerprint density at radius 3 is 2.76 bits per heavy atom. The molecule has 0 radical (unpaired) electrons. The third-order valence-corrected chi connectivity index (χ3v) is 4.44. The van der Waals surface area contributed by atoms with Gasteiger partial charge >= 0.3 is 0 Å². The Balaban J connectivity index is 1.56. The zero-order valence-electron chi connectivity index (χ0n) is 16.5. The van der Waals surface area contributed by atoms with Crippen molar-refractivity contribution in [1.29, 1.82) is 0 Å². The van der Waals surface area contributed by atoms with E-state index >= 15 is 0 Å². The molecule has 1 aromatic carbocycles. The van der Waals surface area contributed by atoms with Gasteiger partial charge in [0.2, 0.25) is 0 Å².